The number of amides is 1. The molecule has 0 unspecified atom stereocenters. The minimum absolute atomic E-state index is 0.143. The van der Waals surface area contributed by atoms with Crippen LogP contribution >= 0.6 is 23.2 Å². The lowest BCUT2D eigenvalue weighted by molar-refractivity contribution is 0.0943. The second-order valence-corrected chi connectivity index (χ2v) is 9.39. The maximum atomic E-state index is 12.4. The quantitative estimate of drug-likeness (QED) is 0.503. The fraction of sp³-hybridized carbons (Fsp3) is 0.375. The SMILES string of the molecule is CN(C)c1nc(N[C@H]2CC[C@@H](CNC(=O)c3cc(Cl)cc(Cl)c3)CC2)nc2ccccc12. The Kier molecular flexibility index (Phi) is 7.01. The largest absolute Gasteiger partial charge is 0.362 e. The highest BCUT2D eigenvalue weighted by molar-refractivity contribution is 6.35. The zero-order valence-electron chi connectivity index (χ0n) is 18.2. The van der Waals surface area contributed by atoms with E-state index in [0.29, 0.717) is 40.1 Å². The van der Waals surface area contributed by atoms with Gasteiger partial charge in [-0.2, -0.15) is 4.98 Å². The van der Waals surface area contributed by atoms with E-state index in [-0.39, 0.29) is 5.91 Å². The van der Waals surface area contributed by atoms with Crippen molar-refractivity contribution in [1.29, 1.82) is 0 Å². The Labute approximate surface area is 198 Å². The summed E-state index contributed by atoms with van der Waals surface area (Å²) in [6.07, 6.45) is 4.08. The highest BCUT2D eigenvalue weighted by Crippen LogP contribution is 2.28. The number of para-hydroxylation sites is 1. The van der Waals surface area contributed by atoms with Crippen molar-refractivity contribution < 1.29 is 4.79 Å². The van der Waals surface area contributed by atoms with Crippen LogP contribution in [0.25, 0.3) is 10.9 Å². The Bertz CT molecular complexity index is 1090. The number of nitrogens with zero attached hydrogens (tertiary/aromatic N) is 3. The van der Waals surface area contributed by atoms with Crippen molar-refractivity contribution in [3.05, 3.63) is 58.1 Å². The van der Waals surface area contributed by atoms with E-state index < -0.39 is 0 Å². The number of nitrogens with one attached hydrogen (secondary N) is 2. The van der Waals surface area contributed by atoms with E-state index >= 15 is 0 Å². The molecule has 1 fully saturated rings. The molecule has 8 heteroatoms. The van der Waals surface area contributed by atoms with Gasteiger partial charge < -0.3 is 15.5 Å². The molecular weight excluding hydrogens is 445 g/mol. The molecule has 1 aliphatic rings. The van der Waals surface area contributed by atoms with Gasteiger partial charge in [-0.05, 0) is 61.9 Å². The van der Waals surface area contributed by atoms with Crippen LogP contribution in [0.5, 0.6) is 0 Å². The molecule has 4 rings (SSSR count). The molecular formula is C24H27Cl2N5O. The molecule has 168 valence electrons. The summed E-state index contributed by atoms with van der Waals surface area (Å²) in [5, 5.41) is 8.51. The molecule has 1 amide bonds. The summed E-state index contributed by atoms with van der Waals surface area (Å²) >= 11 is 12.0. The van der Waals surface area contributed by atoms with Gasteiger partial charge in [0, 0.05) is 47.7 Å². The highest BCUT2D eigenvalue weighted by Gasteiger charge is 2.23. The number of carbonyl (C=O) groups excluding carboxylic acids is 1. The zero-order chi connectivity index (χ0) is 22.7. The average molecular weight is 472 g/mol. The monoisotopic (exact) mass is 471 g/mol. The number of hydrogen-bond donors (Lipinski definition) is 2. The van der Waals surface area contributed by atoms with Crippen LogP contribution in [0.15, 0.2) is 42.5 Å². The number of carbonyl (C=O) groups is 1. The van der Waals surface area contributed by atoms with Crippen LogP contribution < -0.4 is 15.5 Å². The molecule has 1 heterocycles. The zero-order valence-corrected chi connectivity index (χ0v) is 19.7. The summed E-state index contributed by atoms with van der Waals surface area (Å²) in [4.78, 5) is 23.9. The van der Waals surface area contributed by atoms with Crippen molar-refractivity contribution in [2.75, 3.05) is 30.9 Å². The second kappa shape index (κ2) is 9.92. The van der Waals surface area contributed by atoms with Crippen molar-refractivity contribution in [3.63, 3.8) is 0 Å². The van der Waals surface area contributed by atoms with Crippen molar-refractivity contribution in [2.45, 2.75) is 31.7 Å². The maximum absolute atomic E-state index is 12.4. The molecule has 0 bridgehead atoms. The first-order valence-corrected chi connectivity index (χ1v) is 11.6. The third-order valence-corrected chi connectivity index (χ3v) is 6.30. The first-order chi connectivity index (χ1) is 15.4. The van der Waals surface area contributed by atoms with Gasteiger partial charge in [-0.25, -0.2) is 4.98 Å². The van der Waals surface area contributed by atoms with Crippen molar-refractivity contribution in [1.82, 2.24) is 15.3 Å². The molecule has 32 heavy (non-hydrogen) atoms. The second-order valence-electron chi connectivity index (χ2n) is 8.51. The first kappa shape index (κ1) is 22.6. The Hall–Kier alpha value is -2.57. The van der Waals surface area contributed by atoms with Crippen LogP contribution in [0, 0.1) is 5.92 Å². The van der Waals surface area contributed by atoms with E-state index in [1.54, 1.807) is 18.2 Å². The minimum atomic E-state index is -0.143. The number of halogens is 2. The summed E-state index contributed by atoms with van der Waals surface area (Å²) in [6, 6.07) is 13.3. The lowest BCUT2D eigenvalue weighted by atomic mass is 9.86. The van der Waals surface area contributed by atoms with Crippen molar-refractivity contribution in [2.24, 2.45) is 5.92 Å². The molecule has 1 aliphatic carbocycles. The number of rotatable bonds is 6. The normalized spacial score (nSPS) is 18.4. The summed E-state index contributed by atoms with van der Waals surface area (Å²) < 4.78 is 0. The smallest absolute Gasteiger partial charge is 0.251 e. The van der Waals surface area contributed by atoms with Crippen LogP contribution in [-0.4, -0.2) is 42.6 Å². The molecule has 0 radical (unpaired) electrons. The van der Waals surface area contributed by atoms with Gasteiger partial charge in [0.05, 0.1) is 5.52 Å². The standard InChI is InChI=1S/C24H27Cl2N5O/c1-31(2)22-20-5-3-4-6-21(20)29-24(30-22)28-19-9-7-15(8-10-19)14-27-23(32)16-11-17(25)13-18(26)12-16/h3-6,11-13,15,19H,7-10,14H2,1-2H3,(H,27,32)(H,28,29,30)/t15-,19+. The average Bonchev–Trinajstić information content (AvgIpc) is 2.77. The Morgan fingerprint density at radius 3 is 2.41 bits per heavy atom. The summed E-state index contributed by atoms with van der Waals surface area (Å²) in [5.41, 5.74) is 1.43. The number of fused-ring (bicyclic) bond motifs is 1. The molecule has 0 saturated heterocycles. The fourth-order valence-electron chi connectivity index (χ4n) is 4.18. The lowest BCUT2D eigenvalue weighted by Crippen LogP contribution is -2.34. The maximum Gasteiger partial charge on any atom is 0.251 e. The summed E-state index contributed by atoms with van der Waals surface area (Å²) in [5.74, 6) is 1.88. The van der Waals surface area contributed by atoms with Gasteiger partial charge in [-0.1, -0.05) is 35.3 Å². The molecule has 2 aromatic carbocycles. The molecule has 1 saturated carbocycles. The van der Waals surface area contributed by atoms with E-state index in [9.17, 15) is 4.79 Å². The van der Waals surface area contributed by atoms with E-state index in [0.717, 1.165) is 42.4 Å². The lowest BCUT2D eigenvalue weighted by Gasteiger charge is -2.29. The third kappa shape index (κ3) is 5.43. The van der Waals surface area contributed by atoms with Gasteiger partial charge in [0.15, 0.2) is 0 Å². The van der Waals surface area contributed by atoms with E-state index in [1.165, 1.54) is 0 Å². The molecule has 3 aromatic rings. The topological polar surface area (TPSA) is 70.2 Å². The van der Waals surface area contributed by atoms with Crippen molar-refractivity contribution in [3.8, 4) is 0 Å². The number of aromatic nitrogens is 2. The predicted molar refractivity (Wildman–Crippen MR) is 132 cm³/mol. The van der Waals surface area contributed by atoms with E-state index in [1.807, 2.05) is 43.3 Å². The van der Waals surface area contributed by atoms with Crippen LogP contribution in [0.2, 0.25) is 10.0 Å². The highest BCUT2D eigenvalue weighted by atomic mass is 35.5. The summed E-state index contributed by atoms with van der Waals surface area (Å²) in [6.45, 7) is 0.646. The van der Waals surface area contributed by atoms with Gasteiger partial charge in [-0.3, -0.25) is 4.79 Å². The number of hydrogen-bond acceptors (Lipinski definition) is 5. The van der Waals surface area contributed by atoms with Crippen molar-refractivity contribution >= 4 is 51.8 Å². The van der Waals surface area contributed by atoms with Crippen LogP contribution in [0.1, 0.15) is 36.0 Å². The molecule has 0 spiro atoms. The first-order valence-electron chi connectivity index (χ1n) is 10.8. The molecule has 0 atom stereocenters. The van der Waals surface area contributed by atoms with Gasteiger partial charge in [0.2, 0.25) is 5.95 Å². The Balaban J connectivity index is 1.32. The van der Waals surface area contributed by atoms with Gasteiger partial charge in [0.25, 0.3) is 5.91 Å². The van der Waals surface area contributed by atoms with E-state index in [4.69, 9.17) is 33.2 Å². The van der Waals surface area contributed by atoms with Gasteiger partial charge >= 0.3 is 0 Å². The minimum Gasteiger partial charge on any atom is -0.362 e. The fourth-order valence-corrected chi connectivity index (χ4v) is 4.71. The third-order valence-electron chi connectivity index (χ3n) is 5.86. The molecule has 0 aliphatic heterocycles. The molecule has 2 N–H and O–H groups in total. The molecule has 1 aromatic heterocycles. The van der Waals surface area contributed by atoms with Gasteiger partial charge in [-0.15, -0.1) is 0 Å². The van der Waals surface area contributed by atoms with Gasteiger partial charge in [0.1, 0.15) is 5.82 Å². The van der Waals surface area contributed by atoms with Crippen LogP contribution in [-0.2, 0) is 0 Å². The molecule has 6 nitrogen and oxygen atoms in total. The van der Waals surface area contributed by atoms with Crippen LogP contribution in [0.3, 0.4) is 0 Å². The summed E-state index contributed by atoms with van der Waals surface area (Å²) in [7, 11) is 3.99. The number of anilines is 2. The van der Waals surface area contributed by atoms with E-state index in [2.05, 4.69) is 10.6 Å². The Morgan fingerprint density at radius 2 is 1.72 bits per heavy atom. The Morgan fingerprint density at radius 1 is 1.03 bits per heavy atom. The number of benzene rings is 2. The van der Waals surface area contributed by atoms with Crippen LogP contribution in [0.4, 0.5) is 11.8 Å². The predicted octanol–water partition coefficient (Wildman–Crippen LogP) is 5.40.